The monoisotopic (exact) mass is 322 g/mol. The predicted octanol–water partition coefficient (Wildman–Crippen LogP) is 3.38. The van der Waals surface area contributed by atoms with Crippen LogP contribution in [-0.4, -0.2) is 19.6 Å². The highest BCUT2D eigenvalue weighted by molar-refractivity contribution is 7.86. The molecule has 0 aliphatic heterocycles. The summed E-state index contributed by atoms with van der Waals surface area (Å²) in [6.45, 7) is 0.552. The minimum atomic E-state index is -4.23. The summed E-state index contributed by atoms with van der Waals surface area (Å²) in [5.41, 5.74) is 0. The van der Waals surface area contributed by atoms with E-state index in [0.29, 0.717) is 12.5 Å². The third-order valence-corrected chi connectivity index (χ3v) is 6.86. The van der Waals surface area contributed by atoms with Gasteiger partial charge in [0.2, 0.25) is 0 Å². The van der Waals surface area contributed by atoms with Gasteiger partial charge in [0.15, 0.2) is 0 Å². The van der Waals surface area contributed by atoms with Crippen molar-refractivity contribution in [2.45, 2.75) is 37.0 Å². The van der Waals surface area contributed by atoms with Gasteiger partial charge in [0.1, 0.15) is 10.6 Å². The highest BCUT2D eigenvalue weighted by Gasteiger charge is 2.49. The molecule has 22 heavy (non-hydrogen) atoms. The molecule has 0 heterocycles. The second kappa shape index (κ2) is 5.24. The molecule has 2 atom stereocenters. The molecule has 1 aromatic carbocycles. The van der Waals surface area contributed by atoms with Crippen LogP contribution >= 0.6 is 0 Å². The van der Waals surface area contributed by atoms with Crippen LogP contribution in [-0.2, 0) is 10.1 Å². The van der Waals surface area contributed by atoms with Crippen molar-refractivity contribution >= 4 is 10.1 Å². The van der Waals surface area contributed by atoms with Crippen LogP contribution in [0.3, 0.4) is 0 Å². The van der Waals surface area contributed by atoms with Gasteiger partial charge in [-0.25, -0.2) is 0 Å². The number of fused-ring (bicyclic) bond motifs is 1. The average Bonchev–Trinajstić information content (AvgIpc) is 3.04. The number of hydrogen-bond acceptors (Lipinski definition) is 3. The zero-order valence-corrected chi connectivity index (χ0v) is 13.3. The molecular formula is C17H22O4S. The van der Waals surface area contributed by atoms with Crippen molar-refractivity contribution in [1.82, 2.24) is 0 Å². The van der Waals surface area contributed by atoms with Gasteiger partial charge in [-0.3, -0.25) is 4.55 Å². The van der Waals surface area contributed by atoms with E-state index in [0.717, 1.165) is 23.7 Å². The molecule has 3 saturated carbocycles. The third-order valence-electron chi connectivity index (χ3n) is 5.96. The molecule has 1 N–H and O–H groups in total. The minimum Gasteiger partial charge on any atom is -0.492 e. The lowest BCUT2D eigenvalue weighted by Crippen LogP contribution is -2.32. The first kappa shape index (κ1) is 14.5. The van der Waals surface area contributed by atoms with E-state index in [1.54, 1.807) is 18.2 Å². The third kappa shape index (κ3) is 2.54. The SMILES string of the molecule is O=S(=O)(O)c1ccccc1OCC1CC2CC3CC(C1)C2C3. The smallest absolute Gasteiger partial charge is 0.298 e. The first-order chi connectivity index (χ1) is 10.5. The summed E-state index contributed by atoms with van der Waals surface area (Å²) in [6.07, 6.45) is 6.64. The van der Waals surface area contributed by atoms with E-state index in [1.165, 1.54) is 38.2 Å². The van der Waals surface area contributed by atoms with Crippen molar-refractivity contribution < 1.29 is 17.7 Å². The van der Waals surface area contributed by atoms with Crippen molar-refractivity contribution in [3.05, 3.63) is 24.3 Å². The maximum absolute atomic E-state index is 11.4. The Balaban J connectivity index is 1.44. The summed E-state index contributed by atoms with van der Waals surface area (Å²) >= 11 is 0. The number of hydrogen-bond donors (Lipinski definition) is 1. The van der Waals surface area contributed by atoms with E-state index in [4.69, 9.17) is 4.74 Å². The van der Waals surface area contributed by atoms with Crippen LogP contribution in [0.4, 0.5) is 0 Å². The largest absolute Gasteiger partial charge is 0.492 e. The zero-order valence-electron chi connectivity index (χ0n) is 12.5. The van der Waals surface area contributed by atoms with Crippen LogP contribution in [0.5, 0.6) is 5.75 Å². The molecule has 0 aromatic heterocycles. The Kier molecular flexibility index (Phi) is 3.46. The Morgan fingerprint density at radius 2 is 1.73 bits per heavy atom. The highest BCUT2D eigenvalue weighted by Crippen LogP contribution is 2.58. The Morgan fingerprint density at radius 3 is 2.36 bits per heavy atom. The second-order valence-electron chi connectivity index (χ2n) is 7.33. The molecule has 2 unspecified atom stereocenters. The van der Waals surface area contributed by atoms with Crippen molar-refractivity contribution in [3.8, 4) is 5.75 Å². The summed E-state index contributed by atoms with van der Waals surface area (Å²) < 4.78 is 37.8. The molecule has 0 spiro atoms. The molecule has 2 bridgehead atoms. The van der Waals surface area contributed by atoms with Gasteiger partial charge in [0, 0.05) is 0 Å². The van der Waals surface area contributed by atoms with E-state index in [2.05, 4.69) is 0 Å². The molecule has 0 radical (unpaired) electrons. The number of para-hydroxylation sites is 1. The topological polar surface area (TPSA) is 63.6 Å². The zero-order chi connectivity index (χ0) is 15.3. The highest BCUT2D eigenvalue weighted by atomic mass is 32.2. The van der Waals surface area contributed by atoms with Crippen molar-refractivity contribution in [1.29, 1.82) is 0 Å². The molecule has 3 fully saturated rings. The summed E-state index contributed by atoms with van der Waals surface area (Å²) in [7, 11) is -4.23. The van der Waals surface area contributed by atoms with Crippen LogP contribution in [0.2, 0.25) is 0 Å². The van der Waals surface area contributed by atoms with Crippen LogP contribution in [0, 0.1) is 29.6 Å². The summed E-state index contributed by atoms with van der Waals surface area (Å²) in [5, 5.41) is 0. The molecule has 120 valence electrons. The minimum absolute atomic E-state index is 0.131. The Labute approximate surface area is 131 Å². The average molecular weight is 322 g/mol. The maximum atomic E-state index is 11.4. The van der Waals surface area contributed by atoms with E-state index < -0.39 is 10.1 Å². The maximum Gasteiger partial charge on any atom is 0.298 e. The number of ether oxygens (including phenoxy) is 1. The van der Waals surface area contributed by atoms with Gasteiger partial charge in [0.05, 0.1) is 6.61 Å². The van der Waals surface area contributed by atoms with Gasteiger partial charge in [-0.1, -0.05) is 12.1 Å². The molecule has 4 nitrogen and oxygen atoms in total. The van der Waals surface area contributed by atoms with Crippen LogP contribution in [0.15, 0.2) is 29.2 Å². The van der Waals surface area contributed by atoms with E-state index in [-0.39, 0.29) is 10.6 Å². The first-order valence-electron chi connectivity index (χ1n) is 8.20. The molecule has 1 aromatic rings. The lowest BCUT2D eigenvalue weighted by Gasteiger charge is -2.39. The van der Waals surface area contributed by atoms with Gasteiger partial charge >= 0.3 is 0 Å². The molecule has 5 heteroatoms. The summed E-state index contributed by atoms with van der Waals surface area (Å²) in [4.78, 5) is -0.131. The van der Waals surface area contributed by atoms with E-state index >= 15 is 0 Å². The fourth-order valence-electron chi connectivity index (χ4n) is 5.27. The number of benzene rings is 1. The van der Waals surface area contributed by atoms with Gasteiger partial charge in [-0.05, 0) is 73.8 Å². The lowest BCUT2D eigenvalue weighted by molar-refractivity contribution is 0.0822. The van der Waals surface area contributed by atoms with Crippen molar-refractivity contribution in [2.75, 3.05) is 6.61 Å². The van der Waals surface area contributed by atoms with Gasteiger partial charge in [0.25, 0.3) is 10.1 Å². The molecule has 0 saturated heterocycles. The van der Waals surface area contributed by atoms with Crippen LogP contribution in [0.25, 0.3) is 0 Å². The molecule has 0 amide bonds. The van der Waals surface area contributed by atoms with Gasteiger partial charge in [-0.15, -0.1) is 0 Å². The van der Waals surface area contributed by atoms with Crippen molar-refractivity contribution in [2.24, 2.45) is 29.6 Å². The Bertz CT molecular complexity index is 653. The van der Waals surface area contributed by atoms with Crippen LogP contribution < -0.4 is 4.74 Å². The quantitative estimate of drug-likeness (QED) is 0.863. The van der Waals surface area contributed by atoms with E-state index in [9.17, 15) is 13.0 Å². The van der Waals surface area contributed by atoms with Crippen LogP contribution in [0.1, 0.15) is 32.1 Å². The predicted molar refractivity (Wildman–Crippen MR) is 82.3 cm³/mol. The Morgan fingerprint density at radius 1 is 1.05 bits per heavy atom. The van der Waals surface area contributed by atoms with Crippen molar-refractivity contribution in [3.63, 3.8) is 0 Å². The van der Waals surface area contributed by atoms with Gasteiger partial charge < -0.3 is 4.74 Å². The van der Waals surface area contributed by atoms with E-state index in [1.807, 2.05) is 0 Å². The lowest BCUT2D eigenvalue weighted by atomic mass is 9.67. The summed E-state index contributed by atoms with van der Waals surface area (Å²) in [6, 6.07) is 6.32. The number of rotatable bonds is 4. The molecule has 4 rings (SSSR count). The molecule has 3 aliphatic carbocycles. The summed E-state index contributed by atoms with van der Waals surface area (Å²) in [5.74, 6) is 4.43. The molecule has 3 aliphatic rings. The normalized spacial score (nSPS) is 36.5. The fourth-order valence-corrected chi connectivity index (χ4v) is 5.90. The van der Waals surface area contributed by atoms with Gasteiger partial charge in [-0.2, -0.15) is 8.42 Å². The molecular weight excluding hydrogens is 300 g/mol. The standard InChI is InChI=1S/C17H22O4S/c18-22(19,20)17-4-2-1-3-16(17)21-10-12-7-13-5-11-6-14(8-12)15(13)9-11/h1-4,11-15H,5-10H2,(H,18,19,20). The Hall–Kier alpha value is -1.07. The fraction of sp³-hybridized carbons (Fsp3) is 0.647. The second-order valence-corrected chi connectivity index (χ2v) is 8.72. The first-order valence-corrected chi connectivity index (χ1v) is 9.64.